The molecule has 0 saturated heterocycles. The lowest BCUT2D eigenvalue weighted by Crippen LogP contribution is -2.46. The van der Waals surface area contributed by atoms with Crippen LogP contribution in [0.2, 0.25) is 0 Å². The predicted molar refractivity (Wildman–Crippen MR) is 170 cm³/mol. The first-order chi connectivity index (χ1) is 22.7. The maximum atomic E-state index is 9.30. The summed E-state index contributed by atoms with van der Waals surface area (Å²) < 4.78 is 1.75. The summed E-state index contributed by atoms with van der Waals surface area (Å²) in [5.41, 5.74) is 10.9. The monoisotopic (exact) mass is 643 g/mol. The number of nitrogens with one attached hydrogen (secondary N) is 1. The Balaban J connectivity index is 0.000000207. The third-order valence-corrected chi connectivity index (χ3v) is 7.09. The van der Waals surface area contributed by atoms with Gasteiger partial charge in [0.2, 0.25) is 0 Å². The number of benzene rings is 3. The standard InChI is InChI=1S/C17H11N5.C10H12N2O.C6H14O6/c18-9-13-1-5-15(6-2-13)17(22-12-20-11-21-22)16-7-3-14(10-19)4-8-16;11-4-3-7-6-12-10-2-1-8(13)5-9(7)10;7-1-3(9)5(11)6(12)4(10)2-8/h1-8,11-12,17H;1-2,5-6,12-13H,3-4,11H2;3-12H,1-2H2/t;;3-,4+,5-,6-/m..1/s1. The van der Waals surface area contributed by atoms with Gasteiger partial charge in [0, 0.05) is 17.1 Å². The number of fused-ring (bicyclic) bond motifs is 1. The van der Waals surface area contributed by atoms with Crippen LogP contribution in [0.1, 0.15) is 33.9 Å². The fourth-order valence-corrected chi connectivity index (χ4v) is 4.53. The lowest BCUT2D eigenvalue weighted by molar-refractivity contribution is -0.123. The Hall–Kier alpha value is -5.16. The Kier molecular flexibility index (Phi) is 14.0. The molecule has 0 spiro atoms. The van der Waals surface area contributed by atoms with Crippen LogP contribution >= 0.6 is 0 Å². The third-order valence-electron chi connectivity index (χ3n) is 7.09. The molecular formula is C33H37N7O7. The molecule has 47 heavy (non-hydrogen) atoms. The second-order valence-electron chi connectivity index (χ2n) is 10.3. The van der Waals surface area contributed by atoms with Crippen LogP contribution in [0.5, 0.6) is 5.75 Å². The van der Waals surface area contributed by atoms with E-state index in [1.807, 2.05) is 36.5 Å². The van der Waals surface area contributed by atoms with Crippen molar-refractivity contribution in [1.82, 2.24) is 19.7 Å². The average molecular weight is 644 g/mol. The Bertz CT molecular complexity index is 1660. The van der Waals surface area contributed by atoms with E-state index in [2.05, 4.69) is 27.2 Å². The number of hydrogen-bond donors (Lipinski definition) is 9. The van der Waals surface area contributed by atoms with Crippen molar-refractivity contribution in [3.8, 4) is 17.9 Å². The van der Waals surface area contributed by atoms with Crippen LogP contribution in [-0.2, 0) is 6.42 Å². The minimum atomic E-state index is -1.67. The molecule has 0 bridgehead atoms. The average Bonchev–Trinajstić information content (AvgIpc) is 3.79. The molecule has 14 nitrogen and oxygen atoms in total. The number of rotatable bonds is 10. The minimum Gasteiger partial charge on any atom is -0.508 e. The lowest BCUT2D eigenvalue weighted by atomic mass is 9.97. The fourth-order valence-electron chi connectivity index (χ4n) is 4.53. The molecule has 0 aliphatic heterocycles. The number of hydrogen-bond acceptors (Lipinski definition) is 12. The third kappa shape index (κ3) is 9.91. The van der Waals surface area contributed by atoms with Crippen LogP contribution in [0.4, 0.5) is 0 Å². The van der Waals surface area contributed by atoms with Crippen LogP contribution < -0.4 is 5.73 Å². The van der Waals surface area contributed by atoms with Gasteiger partial charge in [-0.1, -0.05) is 24.3 Å². The molecule has 0 amide bonds. The van der Waals surface area contributed by atoms with Gasteiger partial charge in [-0.05, 0) is 72.1 Å². The molecule has 0 aliphatic rings. The second-order valence-corrected chi connectivity index (χ2v) is 10.3. The molecule has 0 radical (unpaired) electrons. The molecule has 2 heterocycles. The summed E-state index contributed by atoms with van der Waals surface area (Å²) in [5.74, 6) is 0.297. The Morgan fingerprint density at radius 2 is 1.34 bits per heavy atom. The topological polar surface area (TPSA) is 262 Å². The van der Waals surface area contributed by atoms with Crippen molar-refractivity contribution in [1.29, 1.82) is 10.5 Å². The summed E-state index contributed by atoms with van der Waals surface area (Å²) in [6, 6.07) is 24.1. The smallest absolute Gasteiger partial charge is 0.137 e. The number of aromatic hydroxyl groups is 1. The van der Waals surface area contributed by atoms with E-state index in [1.54, 1.807) is 47.4 Å². The number of nitrogens with two attached hydrogens (primary N) is 1. The van der Waals surface area contributed by atoms with Gasteiger partial charge in [-0.3, -0.25) is 0 Å². The molecule has 10 N–H and O–H groups in total. The maximum absolute atomic E-state index is 9.30. The van der Waals surface area contributed by atoms with Gasteiger partial charge in [-0.15, -0.1) is 0 Å². The minimum absolute atomic E-state index is 0.150. The number of aromatic amines is 1. The van der Waals surface area contributed by atoms with Gasteiger partial charge < -0.3 is 46.5 Å². The SMILES string of the molecule is N#Cc1ccc(C(c2ccc(C#N)cc2)n2cncn2)cc1.NCCc1c[nH]c2ccc(O)cc12.OC[C@@H](O)[C@@H](O)[C@H](O)[C@@H](O)CO. The predicted octanol–water partition coefficient (Wildman–Crippen LogP) is 0.448. The molecule has 5 aromatic rings. The molecule has 4 atom stereocenters. The first-order valence-corrected chi connectivity index (χ1v) is 14.4. The number of aromatic nitrogens is 4. The highest BCUT2D eigenvalue weighted by molar-refractivity contribution is 5.84. The van der Waals surface area contributed by atoms with Gasteiger partial charge in [0.05, 0.1) is 36.5 Å². The van der Waals surface area contributed by atoms with Gasteiger partial charge in [0.15, 0.2) is 0 Å². The highest BCUT2D eigenvalue weighted by Crippen LogP contribution is 2.26. The van der Waals surface area contributed by atoms with E-state index >= 15 is 0 Å². The summed E-state index contributed by atoms with van der Waals surface area (Å²) in [6.45, 7) is -0.824. The van der Waals surface area contributed by atoms with Gasteiger partial charge in [0.25, 0.3) is 0 Å². The van der Waals surface area contributed by atoms with Gasteiger partial charge >= 0.3 is 0 Å². The maximum Gasteiger partial charge on any atom is 0.137 e. The normalized spacial score (nSPS) is 13.2. The number of nitrogens with zero attached hydrogens (tertiary/aromatic N) is 5. The summed E-state index contributed by atoms with van der Waals surface area (Å²) in [5, 5.41) is 84.6. The zero-order chi connectivity index (χ0) is 34.3. The van der Waals surface area contributed by atoms with Gasteiger partial charge in [-0.2, -0.15) is 15.6 Å². The zero-order valence-corrected chi connectivity index (χ0v) is 25.2. The molecule has 5 rings (SSSR count). The van der Waals surface area contributed by atoms with Crippen LogP contribution in [0.15, 0.2) is 85.6 Å². The molecule has 0 saturated carbocycles. The number of phenols is 1. The van der Waals surface area contributed by atoms with Crippen molar-refractivity contribution in [2.45, 2.75) is 36.9 Å². The first kappa shape index (κ1) is 36.3. The Morgan fingerprint density at radius 3 is 1.77 bits per heavy atom. The Labute approximate surface area is 270 Å². The van der Waals surface area contributed by atoms with E-state index in [1.165, 1.54) is 6.33 Å². The summed E-state index contributed by atoms with van der Waals surface area (Å²) in [6.07, 6.45) is -0.474. The van der Waals surface area contributed by atoms with E-state index in [0.717, 1.165) is 34.0 Å². The van der Waals surface area contributed by atoms with Crippen LogP contribution in [0, 0.1) is 22.7 Å². The Morgan fingerprint density at radius 1 is 0.809 bits per heavy atom. The molecule has 0 fully saturated rings. The summed E-state index contributed by atoms with van der Waals surface area (Å²) in [7, 11) is 0. The van der Waals surface area contributed by atoms with Crippen molar-refractivity contribution in [3.05, 3.63) is 113 Å². The largest absolute Gasteiger partial charge is 0.508 e. The van der Waals surface area contributed by atoms with Crippen LogP contribution in [0.3, 0.4) is 0 Å². The van der Waals surface area contributed by atoms with Crippen molar-refractivity contribution in [2.24, 2.45) is 5.73 Å². The quantitative estimate of drug-likeness (QED) is 0.100. The van der Waals surface area contributed by atoms with Crippen LogP contribution in [0.25, 0.3) is 10.9 Å². The van der Waals surface area contributed by atoms with E-state index in [-0.39, 0.29) is 6.04 Å². The fraction of sp³-hybridized carbons (Fsp3) is 0.273. The highest BCUT2D eigenvalue weighted by atomic mass is 16.4. The molecular weight excluding hydrogens is 606 g/mol. The molecule has 2 aromatic heterocycles. The number of aliphatic hydroxyl groups excluding tert-OH is 6. The first-order valence-electron chi connectivity index (χ1n) is 14.4. The van der Waals surface area contributed by atoms with Crippen molar-refractivity contribution >= 4 is 10.9 Å². The second kappa shape index (κ2) is 18.1. The van der Waals surface area contributed by atoms with E-state index in [0.29, 0.717) is 23.4 Å². The zero-order valence-electron chi connectivity index (χ0n) is 25.2. The van der Waals surface area contributed by atoms with E-state index < -0.39 is 37.6 Å². The lowest BCUT2D eigenvalue weighted by Gasteiger charge is -2.24. The summed E-state index contributed by atoms with van der Waals surface area (Å²) >= 11 is 0. The van der Waals surface area contributed by atoms with Crippen molar-refractivity contribution in [2.75, 3.05) is 19.8 Å². The van der Waals surface area contributed by atoms with Gasteiger partial charge in [-0.25, -0.2) is 9.67 Å². The molecule has 3 aromatic carbocycles. The number of nitriles is 2. The highest BCUT2D eigenvalue weighted by Gasteiger charge is 2.29. The molecule has 246 valence electrons. The number of H-pyrrole nitrogens is 1. The van der Waals surface area contributed by atoms with Crippen LogP contribution in [-0.4, -0.2) is 99.7 Å². The van der Waals surface area contributed by atoms with Crippen molar-refractivity contribution in [3.63, 3.8) is 0 Å². The molecule has 14 heteroatoms. The van der Waals surface area contributed by atoms with E-state index in [9.17, 15) is 5.11 Å². The number of phenolic OH excluding ortho intramolecular Hbond substituents is 1. The van der Waals surface area contributed by atoms with Gasteiger partial charge in [0.1, 0.15) is 48.9 Å². The summed E-state index contributed by atoms with van der Waals surface area (Å²) in [4.78, 5) is 7.14. The van der Waals surface area contributed by atoms with E-state index in [4.69, 9.17) is 46.9 Å². The van der Waals surface area contributed by atoms with Crippen molar-refractivity contribution < 1.29 is 35.7 Å². The number of aliphatic hydroxyl groups is 6. The molecule has 0 unspecified atom stereocenters. The molecule has 0 aliphatic carbocycles.